The van der Waals surface area contributed by atoms with Crippen molar-refractivity contribution in [2.24, 2.45) is 28.6 Å². The molecule has 0 bridgehead atoms. The van der Waals surface area contributed by atoms with Gasteiger partial charge >= 0.3 is 0 Å². The summed E-state index contributed by atoms with van der Waals surface area (Å²) < 4.78 is 0. The molecule has 0 radical (unpaired) electrons. The Hall–Kier alpha value is 0.0600. The van der Waals surface area contributed by atoms with Crippen molar-refractivity contribution >= 4 is 23.2 Å². The third kappa shape index (κ3) is 1.97. The topological polar surface area (TPSA) is 0 Å². The highest BCUT2D eigenvalue weighted by Crippen LogP contribution is 2.70. The molecule has 128 valence electrons. The van der Waals surface area contributed by atoms with E-state index in [4.69, 9.17) is 23.2 Å². The van der Waals surface area contributed by atoms with E-state index in [1.807, 2.05) is 0 Å². The van der Waals surface area contributed by atoms with E-state index in [0.717, 1.165) is 23.8 Å². The second-order valence-corrected chi connectivity index (χ2v) is 10.1. The normalized spacial score (nSPS) is 52.1. The van der Waals surface area contributed by atoms with Crippen LogP contribution in [0.15, 0.2) is 22.8 Å². The minimum atomic E-state index is -0.121. The largest absolute Gasteiger partial charge is 0.118 e. The molecule has 0 aromatic rings. The Kier molecular flexibility index (Phi) is 3.79. The molecule has 0 aromatic heterocycles. The van der Waals surface area contributed by atoms with Gasteiger partial charge < -0.3 is 0 Å². The van der Waals surface area contributed by atoms with E-state index >= 15 is 0 Å². The molecule has 0 unspecified atom stereocenters. The van der Waals surface area contributed by atoms with Crippen LogP contribution in [0.5, 0.6) is 0 Å². The Morgan fingerprint density at radius 1 is 1.17 bits per heavy atom. The molecule has 0 amide bonds. The second-order valence-electron chi connectivity index (χ2n) is 9.04. The van der Waals surface area contributed by atoms with Gasteiger partial charge in [0.15, 0.2) is 0 Å². The van der Waals surface area contributed by atoms with Gasteiger partial charge in [-0.25, -0.2) is 0 Å². The maximum Gasteiger partial charge on any atom is 0.0606 e. The molecule has 6 atom stereocenters. The van der Waals surface area contributed by atoms with Gasteiger partial charge in [-0.05, 0) is 67.8 Å². The quantitative estimate of drug-likeness (QED) is 0.442. The van der Waals surface area contributed by atoms with Crippen molar-refractivity contribution in [2.45, 2.75) is 77.0 Å². The fourth-order valence-electron chi connectivity index (χ4n) is 6.92. The molecule has 4 aliphatic carbocycles. The molecule has 2 heteroatoms. The number of allylic oxidation sites excluding steroid dienone is 4. The van der Waals surface area contributed by atoms with Crippen LogP contribution >= 0.6 is 23.2 Å². The van der Waals surface area contributed by atoms with Crippen molar-refractivity contribution < 1.29 is 0 Å². The first kappa shape index (κ1) is 16.5. The van der Waals surface area contributed by atoms with Crippen LogP contribution in [0, 0.1) is 28.6 Å². The molecule has 0 nitrogen and oxygen atoms in total. The van der Waals surface area contributed by atoms with Gasteiger partial charge in [0.1, 0.15) is 0 Å². The average Bonchev–Trinajstić information content (AvgIpc) is 2.86. The van der Waals surface area contributed by atoms with Crippen LogP contribution in [0.2, 0.25) is 0 Å². The zero-order valence-corrected chi connectivity index (χ0v) is 16.3. The standard InChI is InChI=1S/C21H30Cl2/c1-4-14-8-9-15-17-13-18(22)16-7-5-6-10-20(16,3)21(17,23)12-11-19(14,15)2/h7,13-15,17H,4-6,8-12H2,1-3H3/t14-,15-,17-,19+,20-,21+/m0/s1. The predicted octanol–water partition coefficient (Wildman–Crippen LogP) is 7.07. The minimum Gasteiger partial charge on any atom is -0.118 e. The lowest BCUT2D eigenvalue weighted by molar-refractivity contribution is 0.000373. The van der Waals surface area contributed by atoms with Gasteiger partial charge in [0.25, 0.3) is 0 Å². The van der Waals surface area contributed by atoms with E-state index in [0.29, 0.717) is 17.3 Å². The van der Waals surface area contributed by atoms with E-state index in [9.17, 15) is 0 Å². The fourth-order valence-corrected chi connectivity index (χ4v) is 7.85. The third-order valence-corrected chi connectivity index (χ3v) is 9.60. The third-order valence-electron chi connectivity index (χ3n) is 8.41. The Balaban J connectivity index is 1.82. The van der Waals surface area contributed by atoms with E-state index < -0.39 is 0 Å². The Morgan fingerprint density at radius 2 is 1.96 bits per heavy atom. The first-order chi connectivity index (χ1) is 10.9. The molecule has 2 fully saturated rings. The molecule has 0 aliphatic heterocycles. The smallest absolute Gasteiger partial charge is 0.0606 e. The average molecular weight is 353 g/mol. The number of hydrogen-bond acceptors (Lipinski definition) is 0. The molecule has 0 heterocycles. The van der Waals surface area contributed by atoms with Crippen molar-refractivity contribution in [1.82, 2.24) is 0 Å². The lowest BCUT2D eigenvalue weighted by atomic mass is 9.48. The lowest BCUT2D eigenvalue weighted by Crippen LogP contribution is -2.58. The number of fused-ring (bicyclic) bond motifs is 5. The van der Waals surface area contributed by atoms with Crippen LogP contribution < -0.4 is 0 Å². The summed E-state index contributed by atoms with van der Waals surface area (Å²) in [7, 11) is 0. The summed E-state index contributed by atoms with van der Waals surface area (Å²) in [6.45, 7) is 7.32. The van der Waals surface area contributed by atoms with E-state index in [1.54, 1.807) is 0 Å². The summed E-state index contributed by atoms with van der Waals surface area (Å²) in [6.07, 6.45) is 14.8. The maximum absolute atomic E-state index is 7.53. The molecular weight excluding hydrogens is 323 g/mol. The van der Waals surface area contributed by atoms with Crippen LogP contribution in [0.3, 0.4) is 0 Å². The maximum atomic E-state index is 7.53. The van der Waals surface area contributed by atoms with Gasteiger partial charge in [-0.3, -0.25) is 0 Å². The van der Waals surface area contributed by atoms with Gasteiger partial charge in [0.2, 0.25) is 0 Å². The van der Waals surface area contributed by atoms with Crippen LogP contribution in [0.4, 0.5) is 0 Å². The number of halogens is 2. The van der Waals surface area contributed by atoms with Crippen molar-refractivity contribution in [3.8, 4) is 0 Å². The summed E-state index contributed by atoms with van der Waals surface area (Å²) in [5.74, 6) is 2.04. The molecule has 0 N–H and O–H groups in total. The van der Waals surface area contributed by atoms with Gasteiger partial charge in [0, 0.05) is 16.4 Å². The summed E-state index contributed by atoms with van der Waals surface area (Å²) in [5, 5.41) is 1.01. The van der Waals surface area contributed by atoms with Crippen LogP contribution in [0.1, 0.15) is 72.1 Å². The van der Waals surface area contributed by atoms with Gasteiger partial charge in [-0.1, -0.05) is 50.9 Å². The van der Waals surface area contributed by atoms with Crippen LogP contribution in [-0.2, 0) is 0 Å². The zero-order valence-electron chi connectivity index (χ0n) is 14.8. The van der Waals surface area contributed by atoms with E-state index in [-0.39, 0.29) is 10.3 Å². The molecule has 4 rings (SSSR count). The summed E-state index contributed by atoms with van der Waals surface area (Å²) >= 11 is 14.3. The predicted molar refractivity (Wildman–Crippen MR) is 99.9 cm³/mol. The zero-order chi connectivity index (χ0) is 16.5. The second kappa shape index (κ2) is 5.28. The molecule has 23 heavy (non-hydrogen) atoms. The minimum absolute atomic E-state index is 0.0644. The van der Waals surface area contributed by atoms with Crippen molar-refractivity contribution in [3.63, 3.8) is 0 Å². The van der Waals surface area contributed by atoms with E-state index in [1.165, 1.54) is 44.1 Å². The van der Waals surface area contributed by atoms with Crippen LogP contribution in [0.25, 0.3) is 0 Å². The Labute approximate surface area is 151 Å². The molecular formula is C21H30Cl2. The molecule has 0 saturated heterocycles. The molecule has 4 aliphatic rings. The Morgan fingerprint density at radius 3 is 2.70 bits per heavy atom. The molecule has 2 saturated carbocycles. The van der Waals surface area contributed by atoms with E-state index in [2.05, 4.69) is 32.9 Å². The highest BCUT2D eigenvalue weighted by molar-refractivity contribution is 6.33. The SMILES string of the molecule is CC[C@H]1CC[C@H]2[C@@H]3C=C(Cl)C4=CCCC[C@]4(C)[C@@]3(Cl)CC[C@]12C. The summed E-state index contributed by atoms with van der Waals surface area (Å²) in [5.41, 5.74) is 1.89. The summed E-state index contributed by atoms with van der Waals surface area (Å²) in [6, 6.07) is 0. The fraction of sp³-hybridized carbons (Fsp3) is 0.810. The van der Waals surface area contributed by atoms with Gasteiger partial charge in [0.05, 0.1) is 4.87 Å². The highest BCUT2D eigenvalue weighted by atomic mass is 35.5. The molecule has 0 spiro atoms. The number of alkyl halides is 1. The summed E-state index contributed by atoms with van der Waals surface area (Å²) in [4.78, 5) is -0.121. The number of hydrogen-bond donors (Lipinski definition) is 0. The van der Waals surface area contributed by atoms with Crippen molar-refractivity contribution in [3.05, 3.63) is 22.8 Å². The monoisotopic (exact) mass is 352 g/mol. The highest BCUT2D eigenvalue weighted by Gasteiger charge is 2.64. The first-order valence-corrected chi connectivity index (χ1v) is 10.4. The number of rotatable bonds is 1. The van der Waals surface area contributed by atoms with Crippen molar-refractivity contribution in [2.75, 3.05) is 0 Å². The lowest BCUT2D eigenvalue weighted by Gasteiger charge is -2.61. The van der Waals surface area contributed by atoms with Gasteiger partial charge in [-0.2, -0.15) is 0 Å². The Bertz CT molecular complexity index is 576. The van der Waals surface area contributed by atoms with Crippen LogP contribution in [-0.4, -0.2) is 4.87 Å². The van der Waals surface area contributed by atoms with Gasteiger partial charge in [-0.15, -0.1) is 11.6 Å². The molecule has 0 aromatic carbocycles. The first-order valence-electron chi connectivity index (χ1n) is 9.64. The van der Waals surface area contributed by atoms with Crippen molar-refractivity contribution in [1.29, 1.82) is 0 Å².